The van der Waals surface area contributed by atoms with Gasteiger partial charge in [-0.15, -0.1) is 13.2 Å². The summed E-state index contributed by atoms with van der Waals surface area (Å²) in [6, 6.07) is 4.87. The molecule has 4 heterocycles. The summed E-state index contributed by atoms with van der Waals surface area (Å²) in [5.74, 6) is 0.291. The monoisotopic (exact) mass is 628 g/mol. The van der Waals surface area contributed by atoms with Crippen molar-refractivity contribution in [2.45, 2.75) is 114 Å². The summed E-state index contributed by atoms with van der Waals surface area (Å²) in [4.78, 5) is 6.73. The van der Waals surface area contributed by atoms with E-state index >= 15 is 0 Å². The quantitative estimate of drug-likeness (QED) is 0.200. The van der Waals surface area contributed by atoms with Gasteiger partial charge in [-0.3, -0.25) is 20.4 Å². The molecule has 1 aromatic rings. The van der Waals surface area contributed by atoms with Gasteiger partial charge >= 0.3 is 6.36 Å². The summed E-state index contributed by atoms with van der Waals surface area (Å²) in [6.07, 6.45) is -4.34. The molecule has 0 radical (unpaired) electrons. The SMILES string of the molecule is CCN1CNC(N)C2NCN([C@@H]3O[C@H](CN(C(C)C)C4CC(CCC5Nc6ccc(OC(F)(F)F)cc6N5)C4)[C@@H](O)[C@H]3O)C21. The first-order chi connectivity index (χ1) is 20.9. The van der Waals surface area contributed by atoms with Crippen molar-refractivity contribution in [1.29, 1.82) is 0 Å². The second-order valence-corrected chi connectivity index (χ2v) is 13.1. The van der Waals surface area contributed by atoms with Gasteiger partial charge in [0, 0.05) is 24.7 Å². The van der Waals surface area contributed by atoms with E-state index in [-0.39, 0.29) is 36.3 Å². The molecular weight excluding hydrogens is 581 g/mol. The Hall–Kier alpha value is -1.95. The van der Waals surface area contributed by atoms with Gasteiger partial charge in [0.1, 0.15) is 30.3 Å². The van der Waals surface area contributed by atoms with E-state index in [0.29, 0.717) is 37.5 Å². The summed E-state index contributed by atoms with van der Waals surface area (Å²) in [6.45, 7) is 8.89. The lowest BCUT2D eigenvalue weighted by Gasteiger charge is -2.46. The van der Waals surface area contributed by atoms with E-state index in [1.165, 1.54) is 12.1 Å². The van der Waals surface area contributed by atoms with Crippen LogP contribution in [0, 0.1) is 5.92 Å². The molecule has 44 heavy (non-hydrogen) atoms. The van der Waals surface area contributed by atoms with Crippen LogP contribution in [0.25, 0.3) is 0 Å². The Morgan fingerprint density at radius 1 is 1.09 bits per heavy atom. The van der Waals surface area contributed by atoms with Crippen LogP contribution in [0.5, 0.6) is 5.75 Å². The van der Waals surface area contributed by atoms with Gasteiger partial charge in [-0.25, -0.2) is 4.90 Å². The molecule has 5 aliphatic rings. The number of ether oxygens (including phenoxy) is 2. The highest BCUT2D eigenvalue weighted by atomic mass is 19.4. The Morgan fingerprint density at radius 3 is 2.55 bits per heavy atom. The second-order valence-electron chi connectivity index (χ2n) is 13.1. The number of hydrogen-bond acceptors (Lipinski definition) is 12. The normalized spacial score (nSPS) is 37.5. The number of alkyl halides is 3. The maximum absolute atomic E-state index is 12.6. The fourth-order valence-corrected chi connectivity index (χ4v) is 7.62. The molecule has 0 bridgehead atoms. The summed E-state index contributed by atoms with van der Waals surface area (Å²) >= 11 is 0. The highest BCUT2D eigenvalue weighted by Gasteiger charge is 2.53. The lowest BCUT2D eigenvalue weighted by molar-refractivity contribution is -0.274. The van der Waals surface area contributed by atoms with Crippen LogP contribution < -0.4 is 31.7 Å². The number of anilines is 2. The Balaban J connectivity index is 0.990. The second kappa shape index (κ2) is 12.7. The van der Waals surface area contributed by atoms with Crippen molar-refractivity contribution in [1.82, 2.24) is 25.3 Å². The maximum Gasteiger partial charge on any atom is 0.573 e. The third-order valence-electron chi connectivity index (χ3n) is 10.0. The van der Waals surface area contributed by atoms with E-state index in [1.807, 2.05) is 0 Å². The molecule has 4 fully saturated rings. The van der Waals surface area contributed by atoms with Gasteiger partial charge in [-0.2, -0.15) is 0 Å². The van der Waals surface area contributed by atoms with Crippen molar-refractivity contribution in [2.24, 2.45) is 11.7 Å². The number of halogens is 3. The predicted octanol–water partition coefficient (Wildman–Crippen LogP) is 1.19. The standard InChI is InChI=1S/C29H47F3N8O4/c1-4-38-13-35-26(33)23-27(38)40(14-34-23)28-25(42)24(41)21(43-28)12-39(15(2)3)17-9-16(10-17)5-8-22-36-19-7-6-18(11-20(19)37-22)44-29(30,31)32/h6-7,11,15-17,21-28,34-37,41-42H,4-5,8-10,12-14,33H2,1-3H3/t16?,17?,21-,22?,23?,24-,25-,26?,27?,28-/m1/s1. The molecule has 3 saturated heterocycles. The van der Waals surface area contributed by atoms with Crippen LogP contribution >= 0.6 is 0 Å². The first-order valence-corrected chi connectivity index (χ1v) is 15.8. The first-order valence-electron chi connectivity index (χ1n) is 15.8. The fraction of sp³-hybridized carbons (Fsp3) is 0.793. The van der Waals surface area contributed by atoms with E-state index in [9.17, 15) is 23.4 Å². The van der Waals surface area contributed by atoms with Crippen LogP contribution in [0.15, 0.2) is 18.2 Å². The number of nitrogens with one attached hydrogen (secondary N) is 4. The summed E-state index contributed by atoms with van der Waals surface area (Å²) in [7, 11) is 0. The Kier molecular flexibility index (Phi) is 9.23. The van der Waals surface area contributed by atoms with E-state index in [4.69, 9.17) is 10.5 Å². The van der Waals surface area contributed by atoms with Gasteiger partial charge in [0.25, 0.3) is 0 Å². The van der Waals surface area contributed by atoms with Gasteiger partial charge in [0.15, 0.2) is 0 Å². The van der Waals surface area contributed by atoms with Crippen molar-refractivity contribution in [3.05, 3.63) is 18.2 Å². The molecule has 6 rings (SSSR count). The number of rotatable bonds is 10. The number of aliphatic hydroxyl groups excluding tert-OH is 2. The Labute approximate surface area is 256 Å². The molecule has 8 N–H and O–H groups in total. The van der Waals surface area contributed by atoms with Crippen LogP contribution in [0.1, 0.15) is 46.5 Å². The molecule has 15 heteroatoms. The minimum atomic E-state index is -4.72. The van der Waals surface area contributed by atoms with E-state index in [0.717, 1.165) is 37.9 Å². The van der Waals surface area contributed by atoms with Gasteiger partial charge in [-0.1, -0.05) is 6.92 Å². The molecule has 4 aliphatic heterocycles. The molecule has 0 aromatic heterocycles. The largest absolute Gasteiger partial charge is 0.573 e. The third-order valence-corrected chi connectivity index (χ3v) is 10.0. The zero-order chi connectivity index (χ0) is 31.3. The number of nitrogens with two attached hydrogens (primary N) is 1. The van der Waals surface area contributed by atoms with Gasteiger partial charge in [0.2, 0.25) is 0 Å². The van der Waals surface area contributed by atoms with Crippen molar-refractivity contribution >= 4 is 11.4 Å². The Morgan fingerprint density at radius 2 is 1.84 bits per heavy atom. The fourth-order valence-electron chi connectivity index (χ4n) is 7.62. The molecule has 4 unspecified atom stereocenters. The zero-order valence-electron chi connectivity index (χ0n) is 25.5. The minimum absolute atomic E-state index is 0.0144. The predicted molar refractivity (Wildman–Crippen MR) is 158 cm³/mol. The molecule has 1 aliphatic carbocycles. The van der Waals surface area contributed by atoms with Crippen LogP contribution in [-0.4, -0.2) is 119 Å². The van der Waals surface area contributed by atoms with Crippen LogP contribution in [0.2, 0.25) is 0 Å². The number of hydrogen-bond donors (Lipinski definition) is 7. The molecule has 12 nitrogen and oxygen atoms in total. The number of likely N-dealkylation sites (N-methyl/N-ethyl adjacent to an activating group) is 1. The molecule has 0 spiro atoms. The summed E-state index contributed by atoms with van der Waals surface area (Å²) in [5.41, 5.74) is 7.69. The number of nitrogens with zero attached hydrogens (tertiary/aromatic N) is 3. The van der Waals surface area contributed by atoms with Crippen molar-refractivity contribution < 1.29 is 32.9 Å². The minimum Gasteiger partial charge on any atom is -0.406 e. The van der Waals surface area contributed by atoms with Crippen molar-refractivity contribution in [3.63, 3.8) is 0 Å². The summed E-state index contributed by atoms with van der Waals surface area (Å²) in [5, 5.41) is 35.6. The third kappa shape index (κ3) is 6.48. The smallest absolute Gasteiger partial charge is 0.406 e. The van der Waals surface area contributed by atoms with Gasteiger partial charge in [-0.05, 0) is 64.1 Å². The van der Waals surface area contributed by atoms with Crippen molar-refractivity contribution in [3.8, 4) is 5.75 Å². The number of fused-ring (bicyclic) bond motifs is 2. The van der Waals surface area contributed by atoms with E-state index in [1.54, 1.807) is 6.07 Å². The molecule has 1 saturated carbocycles. The number of benzene rings is 1. The molecule has 0 amide bonds. The van der Waals surface area contributed by atoms with Crippen LogP contribution in [-0.2, 0) is 4.74 Å². The van der Waals surface area contributed by atoms with Crippen molar-refractivity contribution in [2.75, 3.05) is 37.1 Å². The zero-order valence-corrected chi connectivity index (χ0v) is 25.5. The average molecular weight is 629 g/mol. The highest BCUT2D eigenvalue weighted by molar-refractivity contribution is 5.75. The van der Waals surface area contributed by atoms with Crippen LogP contribution in [0.4, 0.5) is 24.5 Å². The lowest BCUT2D eigenvalue weighted by atomic mass is 9.76. The summed E-state index contributed by atoms with van der Waals surface area (Å²) < 4.78 is 48.2. The first kappa shape index (κ1) is 32.0. The van der Waals surface area contributed by atoms with Gasteiger partial charge in [0.05, 0.1) is 49.3 Å². The topological polar surface area (TPSA) is 143 Å². The van der Waals surface area contributed by atoms with E-state index in [2.05, 4.69) is 61.5 Å². The maximum atomic E-state index is 12.6. The molecule has 8 atom stereocenters. The van der Waals surface area contributed by atoms with E-state index < -0.39 is 30.9 Å². The molecular formula is C29H47F3N8O4. The number of aliphatic hydroxyl groups is 2. The Bertz CT molecular complexity index is 1140. The average Bonchev–Trinajstić information content (AvgIpc) is 3.63. The molecule has 1 aromatic carbocycles. The highest BCUT2D eigenvalue weighted by Crippen LogP contribution is 2.40. The molecule has 248 valence electrons. The lowest BCUT2D eigenvalue weighted by Crippen LogP contribution is -2.69. The van der Waals surface area contributed by atoms with Crippen LogP contribution in [0.3, 0.4) is 0 Å². The van der Waals surface area contributed by atoms with Gasteiger partial charge < -0.3 is 36.1 Å².